The largest absolute Gasteiger partial charge is 0.340 e. The maximum absolute atomic E-state index is 13.1. The number of hydrogen-bond donors (Lipinski definition) is 2. The lowest BCUT2D eigenvalue weighted by Crippen LogP contribution is -2.39. The number of rotatable bonds is 3. The molecule has 0 bridgehead atoms. The molecule has 1 aliphatic heterocycles. The zero-order valence-corrected chi connectivity index (χ0v) is 13.4. The van der Waals surface area contributed by atoms with Gasteiger partial charge in [-0.05, 0) is 37.5 Å². The van der Waals surface area contributed by atoms with Crippen molar-refractivity contribution in [2.24, 2.45) is 0 Å². The van der Waals surface area contributed by atoms with Gasteiger partial charge in [0.1, 0.15) is 0 Å². The first-order valence-corrected chi connectivity index (χ1v) is 8.14. The molecule has 1 atom stereocenters. The van der Waals surface area contributed by atoms with Crippen molar-refractivity contribution in [2.45, 2.75) is 25.3 Å². The fourth-order valence-corrected chi connectivity index (χ4v) is 3.15. The summed E-state index contributed by atoms with van der Waals surface area (Å²) in [4.78, 5) is 33.1. The van der Waals surface area contributed by atoms with Crippen LogP contribution in [0.1, 0.15) is 41.5 Å². The van der Waals surface area contributed by atoms with Gasteiger partial charge < -0.3 is 4.90 Å². The summed E-state index contributed by atoms with van der Waals surface area (Å²) in [6.07, 6.45) is 7.70. The van der Waals surface area contributed by atoms with Gasteiger partial charge in [-0.25, -0.2) is 19.6 Å². The van der Waals surface area contributed by atoms with Crippen LogP contribution < -0.4 is 5.69 Å². The molecule has 1 amide bonds. The molecule has 25 heavy (non-hydrogen) atoms. The Hall–Kier alpha value is -3.23. The Labute approximate surface area is 142 Å². The van der Waals surface area contributed by atoms with E-state index in [2.05, 4.69) is 25.3 Å². The predicted molar refractivity (Wildman–Crippen MR) is 88.2 cm³/mol. The van der Waals surface area contributed by atoms with E-state index >= 15 is 0 Å². The number of H-pyrrole nitrogens is 2. The van der Waals surface area contributed by atoms with Crippen LogP contribution in [0, 0.1) is 0 Å². The molecular formula is C16H17N7O2. The van der Waals surface area contributed by atoms with E-state index in [0.29, 0.717) is 23.8 Å². The number of piperidine rings is 1. The summed E-state index contributed by atoms with van der Waals surface area (Å²) in [5, 5.41) is 10.5. The topological polar surface area (TPSA) is 113 Å². The van der Waals surface area contributed by atoms with Gasteiger partial charge in [-0.15, -0.1) is 0 Å². The van der Waals surface area contributed by atoms with Crippen molar-refractivity contribution in [1.29, 1.82) is 0 Å². The van der Waals surface area contributed by atoms with E-state index in [9.17, 15) is 9.59 Å². The predicted octanol–water partition coefficient (Wildman–Crippen LogP) is 1.05. The highest BCUT2D eigenvalue weighted by Crippen LogP contribution is 2.29. The normalized spacial score (nSPS) is 17.6. The van der Waals surface area contributed by atoms with E-state index < -0.39 is 0 Å². The van der Waals surface area contributed by atoms with Gasteiger partial charge >= 0.3 is 5.69 Å². The summed E-state index contributed by atoms with van der Waals surface area (Å²) in [7, 11) is 0. The van der Waals surface area contributed by atoms with Crippen molar-refractivity contribution in [3.8, 4) is 5.82 Å². The van der Waals surface area contributed by atoms with Gasteiger partial charge in [-0.2, -0.15) is 10.2 Å². The number of pyridine rings is 1. The van der Waals surface area contributed by atoms with Gasteiger partial charge in [-0.1, -0.05) is 0 Å². The first-order chi connectivity index (χ1) is 12.2. The molecule has 0 aliphatic carbocycles. The van der Waals surface area contributed by atoms with Crippen molar-refractivity contribution >= 4 is 5.91 Å². The van der Waals surface area contributed by atoms with Gasteiger partial charge in [-0.3, -0.25) is 9.78 Å². The molecule has 3 aromatic heterocycles. The van der Waals surface area contributed by atoms with E-state index in [-0.39, 0.29) is 17.6 Å². The van der Waals surface area contributed by atoms with Gasteiger partial charge in [0.15, 0.2) is 11.6 Å². The molecule has 4 rings (SSSR count). The first kappa shape index (κ1) is 15.3. The van der Waals surface area contributed by atoms with Gasteiger partial charge in [0.2, 0.25) is 0 Å². The summed E-state index contributed by atoms with van der Waals surface area (Å²) in [6, 6.07) is 4.97. The maximum Gasteiger partial charge on any atom is 0.340 e. The first-order valence-electron chi connectivity index (χ1n) is 8.14. The maximum atomic E-state index is 13.1. The summed E-state index contributed by atoms with van der Waals surface area (Å²) >= 11 is 0. The molecule has 1 saturated heterocycles. The molecule has 4 heterocycles. The van der Waals surface area contributed by atoms with Crippen LogP contribution in [-0.2, 0) is 0 Å². The third kappa shape index (κ3) is 2.95. The summed E-state index contributed by atoms with van der Waals surface area (Å²) < 4.78 is 1.61. The minimum absolute atomic E-state index is 0.107. The highest BCUT2D eigenvalue weighted by atomic mass is 16.2. The fourth-order valence-electron chi connectivity index (χ4n) is 3.15. The summed E-state index contributed by atoms with van der Waals surface area (Å²) in [6.45, 7) is 0.623. The molecule has 9 heteroatoms. The third-order valence-corrected chi connectivity index (χ3v) is 4.33. The lowest BCUT2D eigenvalue weighted by molar-refractivity contribution is 0.0600. The van der Waals surface area contributed by atoms with Gasteiger partial charge in [0, 0.05) is 30.7 Å². The Bertz CT molecular complexity index is 928. The van der Waals surface area contributed by atoms with Crippen molar-refractivity contribution in [3.05, 3.63) is 58.7 Å². The molecule has 1 fully saturated rings. The quantitative estimate of drug-likeness (QED) is 0.740. The van der Waals surface area contributed by atoms with Crippen LogP contribution in [0.3, 0.4) is 0 Å². The van der Waals surface area contributed by atoms with E-state index in [1.54, 1.807) is 46.4 Å². The standard InChI is InChI=1S/C16H17N7O2/c24-15(11-5-7-17-13(10-11)23-9-3-6-18-23)22-8-2-1-4-12(22)14-19-16(25)21-20-14/h3,5-7,9-10,12H,1-2,4,8H2,(H2,19,20,21,25). The van der Waals surface area contributed by atoms with Crippen molar-refractivity contribution in [3.63, 3.8) is 0 Å². The molecule has 128 valence electrons. The molecule has 0 spiro atoms. The van der Waals surface area contributed by atoms with Crippen LogP contribution in [-0.4, -0.2) is 47.3 Å². The average Bonchev–Trinajstić information content (AvgIpc) is 3.33. The second-order valence-corrected chi connectivity index (χ2v) is 5.93. The minimum Gasteiger partial charge on any atom is -0.328 e. The smallest absolute Gasteiger partial charge is 0.328 e. The van der Waals surface area contributed by atoms with Crippen LogP contribution >= 0.6 is 0 Å². The average molecular weight is 339 g/mol. The highest BCUT2D eigenvalue weighted by molar-refractivity contribution is 5.94. The molecular weight excluding hydrogens is 322 g/mol. The zero-order chi connectivity index (χ0) is 17.2. The van der Waals surface area contributed by atoms with Crippen LogP contribution in [0.4, 0.5) is 0 Å². The molecule has 0 aromatic carbocycles. The van der Waals surface area contributed by atoms with E-state index in [4.69, 9.17) is 0 Å². The third-order valence-electron chi connectivity index (χ3n) is 4.33. The molecule has 2 N–H and O–H groups in total. The lowest BCUT2D eigenvalue weighted by atomic mass is 10.0. The van der Waals surface area contributed by atoms with Gasteiger partial charge in [0.25, 0.3) is 5.91 Å². The van der Waals surface area contributed by atoms with Crippen LogP contribution in [0.15, 0.2) is 41.6 Å². The van der Waals surface area contributed by atoms with Crippen LogP contribution in [0.2, 0.25) is 0 Å². The van der Waals surface area contributed by atoms with Crippen molar-refractivity contribution < 1.29 is 4.79 Å². The van der Waals surface area contributed by atoms with E-state index in [1.165, 1.54) is 0 Å². The minimum atomic E-state index is -0.363. The number of amides is 1. The number of carbonyl (C=O) groups excluding carboxylic acids is 1. The molecule has 0 saturated carbocycles. The van der Waals surface area contributed by atoms with Crippen LogP contribution in [0.5, 0.6) is 0 Å². The molecule has 1 aliphatic rings. The van der Waals surface area contributed by atoms with Gasteiger partial charge in [0.05, 0.1) is 6.04 Å². The Balaban J connectivity index is 1.64. The van der Waals surface area contributed by atoms with Crippen molar-refractivity contribution in [1.82, 2.24) is 34.8 Å². The van der Waals surface area contributed by atoms with Crippen molar-refractivity contribution in [2.75, 3.05) is 6.54 Å². The number of nitrogens with one attached hydrogen (secondary N) is 2. The number of hydrogen-bond acceptors (Lipinski definition) is 5. The van der Waals surface area contributed by atoms with E-state index in [0.717, 1.165) is 19.3 Å². The monoisotopic (exact) mass is 339 g/mol. The number of likely N-dealkylation sites (tertiary alicyclic amines) is 1. The number of aromatic nitrogens is 6. The Kier molecular flexibility index (Phi) is 3.88. The lowest BCUT2D eigenvalue weighted by Gasteiger charge is -2.34. The Morgan fingerprint density at radius 1 is 1.28 bits per heavy atom. The molecule has 9 nitrogen and oxygen atoms in total. The Morgan fingerprint density at radius 3 is 2.96 bits per heavy atom. The van der Waals surface area contributed by atoms with Crippen LogP contribution in [0.25, 0.3) is 5.82 Å². The Morgan fingerprint density at radius 2 is 2.20 bits per heavy atom. The SMILES string of the molecule is O=C(c1ccnc(-n2cccn2)c1)N1CCCCC1c1n[nH]c(=O)[nH]1. The molecule has 3 aromatic rings. The summed E-state index contributed by atoms with van der Waals surface area (Å²) in [5.74, 6) is 0.973. The zero-order valence-electron chi connectivity index (χ0n) is 13.4. The second kappa shape index (κ2) is 6.34. The number of aromatic amines is 2. The molecule has 1 unspecified atom stereocenters. The number of carbonyl (C=O) groups is 1. The van der Waals surface area contributed by atoms with E-state index in [1.807, 2.05) is 0 Å². The second-order valence-electron chi connectivity index (χ2n) is 5.93. The molecule has 0 radical (unpaired) electrons. The fraction of sp³-hybridized carbons (Fsp3) is 0.312. The number of nitrogens with zero attached hydrogens (tertiary/aromatic N) is 5. The summed E-state index contributed by atoms with van der Waals surface area (Å²) in [5.41, 5.74) is 0.170. The highest BCUT2D eigenvalue weighted by Gasteiger charge is 2.31.